The Kier molecular flexibility index (Phi) is 11.2. The summed E-state index contributed by atoms with van der Waals surface area (Å²) < 4.78 is 18.3. The molecule has 0 bridgehead atoms. The molecule has 0 aliphatic carbocycles. The molecule has 0 fully saturated rings. The molecular weight excluding hydrogens is 586 g/mol. The Hall–Kier alpha value is -5.20. The summed E-state index contributed by atoms with van der Waals surface area (Å²) in [5.41, 5.74) is 3.45. The number of ketones is 1. The second-order valence-electron chi connectivity index (χ2n) is 12.4. The standard InChI is InChI=1S/C41H41NO5/c1-41(2,3)47-40(44)38(42(27-31-16-8-4-9-17-31)28-32-18-10-5-11-19-32)39(43)35-24-25-36(45-29-33-20-12-6-13-21-33)37(26-35)46-30-34-22-14-7-15-23-34/h4-26,38H,27-30H2,1-3H3. The predicted octanol–water partition coefficient (Wildman–Crippen LogP) is 8.44. The van der Waals surface area contributed by atoms with Gasteiger partial charge in [0.15, 0.2) is 23.3 Å². The average Bonchev–Trinajstić information content (AvgIpc) is 3.07. The molecule has 0 spiro atoms. The van der Waals surface area contributed by atoms with E-state index in [0.717, 1.165) is 22.3 Å². The summed E-state index contributed by atoms with van der Waals surface area (Å²) in [6.07, 6.45) is 0. The van der Waals surface area contributed by atoms with Gasteiger partial charge in [-0.15, -0.1) is 0 Å². The summed E-state index contributed by atoms with van der Waals surface area (Å²) in [4.78, 5) is 30.4. The number of ether oxygens (including phenoxy) is 3. The van der Waals surface area contributed by atoms with Crippen LogP contribution >= 0.6 is 0 Å². The van der Waals surface area contributed by atoms with Crippen molar-refractivity contribution in [3.8, 4) is 11.5 Å². The van der Waals surface area contributed by atoms with Gasteiger partial charge in [-0.1, -0.05) is 121 Å². The van der Waals surface area contributed by atoms with Gasteiger partial charge in [0.2, 0.25) is 0 Å². The highest BCUT2D eigenvalue weighted by molar-refractivity contribution is 6.12. The molecule has 47 heavy (non-hydrogen) atoms. The predicted molar refractivity (Wildman–Crippen MR) is 184 cm³/mol. The van der Waals surface area contributed by atoms with E-state index in [4.69, 9.17) is 14.2 Å². The van der Waals surface area contributed by atoms with Crippen molar-refractivity contribution in [1.29, 1.82) is 0 Å². The van der Waals surface area contributed by atoms with Crippen LogP contribution in [-0.2, 0) is 35.8 Å². The summed E-state index contributed by atoms with van der Waals surface area (Å²) in [7, 11) is 0. The van der Waals surface area contributed by atoms with E-state index in [1.807, 2.05) is 126 Å². The van der Waals surface area contributed by atoms with E-state index < -0.39 is 17.6 Å². The highest BCUT2D eigenvalue weighted by Gasteiger charge is 2.37. The summed E-state index contributed by atoms with van der Waals surface area (Å²) >= 11 is 0. The van der Waals surface area contributed by atoms with Crippen molar-refractivity contribution in [2.75, 3.05) is 0 Å². The van der Waals surface area contributed by atoms with Crippen molar-refractivity contribution in [3.05, 3.63) is 167 Å². The maximum atomic E-state index is 14.6. The summed E-state index contributed by atoms with van der Waals surface area (Å²) in [5, 5.41) is 0. The monoisotopic (exact) mass is 627 g/mol. The van der Waals surface area contributed by atoms with Gasteiger partial charge < -0.3 is 14.2 Å². The van der Waals surface area contributed by atoms with Gasteiger partial charge in [0.1, 0.15) is 18.8 Å². The normalized spacial score (nSPS) is 11.9. The van der Waals surface area contributed by atoms with E-state index >= 15 is 0 Å². The Morgan fingerprint density at radius 2 is 1.00 bits per heavy atom. The SMILES string of the molecule is CC(C)(C)OC(=O)C(C(=O)c1ccc(OCc2ccccc2)c(OCc2ccccc2)c1)N(Cc1ccccc1)Cc1ccccc1. The van der Waals surface area contributed by atoms with Crippen LogP contribution in [0.5, 0.6) is 11.5 Å². The summed E-state index contributed by atoms with van der Waals surface area (Å²) in [6.45, 7) is 6.75. The number of rotatable bonds is 14. The van der Waals surface area contributed by atoms with Crippen molar-refractivity contribution in [2.45, 2.75) is 58.7 Å². The minimum Gasteiger partial charge on any atom is -0.485 e. The molecule has 240 valence electrons. The van der Waals surface area contributed by atoms with Crippen molar-refractivity contribution in [3.63, 3.8) is 0 Å². The van der Waals surface area contributed by atoms with Gasteiger partial charge in [0.05, 0.1) is 0 Å². The van der Waals surface area contributed by atoms with E-state index in [-0.39, 0.29) is 12.4 Å². The highest BCUT2D eigenvalue weighted by atomic mass is 16.6. The van der Waals surface area contributed by atoms with Gasteiger partial charge in [-0.2, -0.15) is 0 Å². The molecule has 0 aliphatic heterocycles. The van der Waals surface area contributed by atoms with Crippen molar-refractivity contribution < 1.29 is 23.8 Å². The van der Waals surface area contributed by atoms with Crippen molar-refractivity contribution >= 4 is 11.8 Å². The third-order valence-corrected chi connectivity index (χ3v) is 7.40. The van der Waals surface area contributed by atoms with Crippen molar-refractivity contribution in [2.24, 2.45) is 0 Å². The fourth-order valence-corrected chi connectivity index (χ4v) is 5.18. The van der Waals surface area contributed by atoms with Crippen molar-refractivity contribution in [1.82, 2.24) is 4.90 Å². The number of carbonyl (C=O) groups excluding carboxylic acids is 2. The van der Waals surface area contributed by atoms with E-state index in [0.29, 0.717) is 36.8 Å². The van der Waals surface area contributed by atoms with Crippen LogP contribution in [0.15, 0.2) is 140 Å². The van der Waals surface area contributed by atoms with Crippen LogP contribution in [0.1, 0.15) is 53.4 Å². The number of nitrogens with zero attached hydrogens (tertiary/aromatic N) is 1. The first-order valence-corrected chi connectivity index (χ1v) is 15.8. The highest BCUT2D eigenvalue weighted by Crippen LogP contribution is 2.32. The van der Waals surface area contributed by atoms with Gasteiger partial charge in [-0.3, -0.25) is 9.69 Å². The molecule has 0 heterocycles. The first-order chi connectivity index (χ1) is 22.7. The Balaban J connectivity index is 1.51. The molecular formula is C41H41NO5. The van der Waals surface area contributed by atoms with Crippen LogP contribution in [0.4, 0.5) is 0 Å². The maximum Gasteiger partial charge on any atom is 0.332 e. The molecule has 0 aliphatic rings. The van der Waals surface area contributed by atoms with Gasteiger partial charge in [-0.25, -0.2) is 4.79 Å². The lowest BCUT2D eigenvalue weighted by Gasteiger charge is -2.32. The fraction of sp³-hybridized carbons (Fsp3) is 0.220. The molecule has 0 saturated carbocycles. The average molecular weight is 628 g/mol. The molecule has 0 amide bonds. The number of hydrogen-bond acceptors (Lipinski definition) is 6. The molecule has 1 atom stereocenters. The lowest BCUT2D eigenvalue weighted by Crippen LogP contribution is -2.48. The van der Waals surface area contributed by atoms with Gasteiger partial charge in [-0.05, 0) is 61.2 Å². The van der Waals surface area contributed by atoms with E-state index in [9.17, 15) is 9.59 Å². The maximum absolute atomic E-state index is 14.6. The molecule has 0 radical (unpaired) electrons. The van der Waals surface area contributed by atoms with Gasteiger partial charge in [0, 0.05) is 18.7 Å². The zero-order valence-electron chi connectivity index (χ0n) is 27.2. The first kappa shape index (κ1) is 33.2. The third kappa shape index (κ3) is 9.89. The van der Waals surface area contributed by atoms with Gasteiger partial charge >= 0.3 is 5.97 Å². The van der Waals surface area contributed by atoms with Crippen LogP contribution in [-0.4, -0.2) is 28.3 Å². The van der Waals surface area contributed by atoms with Crippen LogP contribution in [0.2, 0.25) is 0 Å². The van der Waals surface area contributed by atoms with E-state index in [2.05, 4.69) is 0 Å². The molecule has 5 aromatic rings. The topological polar surface area (TPSA) is 65.1 Å². The smallest absolute Gasteiger partial charge is 0.332 e. The largest absolute Gasteiger partial charge is 0.485 e. The number of Topliss-reactive ketones (excluding diaryl/α,β-unsaturated/α-hetero) is 1. The number of carbonyl (C=O) groups is 2. The third-order valence-electron chi connectivity index (χ3n) is 7.40. The second kappa shape index (κ2) is 15.9. The first-order valence-electron chi connectivity index (χ1n) is 15.8. The second-order valence-corrected chi connectivity index (χ2v) is 12.4. The molecule has 0 saturated heterocycles. The fourth-order valence-electron chi connectivity index (χ4n) is 5.18. The van der Waals surface area contributed by atoms with Crippen LogP contribution in [0.3, 0.4) is 0 Å². The molecule has 1 unspecified atom stereocenters. The van der Waals surface area contributed by atoms with Gasteiger partial charge in [0.25, 0.3) is 0 Å². The van der Waals surface area contributed by atoms with Crippen LogP contribution in [0.25, 0.3) is 0 Å². The molecule has 6 heteroatoms. The number of benzene rings is 5. The summed E-state index contributed by atoms with van der Waals surface area (Å²) in [5.74, 6) is -0.0763. The molecule has 0 aromatic heterocycles. The van der Waals surface area contributed by atoms with Crippen LogP contribution in [0, 0.1) is 0 Å². The van der Waals surface area contributed by atoms with E-state index in [1.165, 1.54) is 0 Å². The zero-order chi connectivity index (χ0) is 33.1. The molecule has 5 rings (SSSR count). The lowest BCUT2D eigenvalue weighted by atomic mass is 10.00. The number of esters is 1. The quantitative estimate of drug-likeness (QED) is 0.0700. The zero-order valence-corrected chi connectivity index (χ0v) is 27.2. The minimum atomic E-state index is -1.22. The summed E-state index contributed by atoms with van der Waals surface area (Å²) in [6, 6.07) is 43.2. The molecule has 0 N–H and O–H groups in total. The molecule has 6 nitrogen and oxygen atoms in total. The Morgan fingerprint density at radius 1 is 0.574 bits per heavy atom. The Labute approximate surface area is 277 Å². The minimum absolute atomic E-state index is 0.282. The Bertz CT molecular complexity index is 1680. The Morgan fingerprint density at radius 3 is 1.45 bits per heavy atom. The molecule has 5 aromatic carbocycles. The number of hydrogen-bond donors (Lipinski definition) is 0. The van der Waals surface area contributed by atoms with E-state index in [1.54, 1.807) is 39.0 Å². The lowest BCUT2D eigenvalue weighted by molar-refractivity contribution is -0.159. The van der Waals surface area contributed by atoms with Crippen LogP contribution < -0.4 is 9.47 Å².